The fraction of sp³-hybridized carbons (Fsp3) is 0. The number of hydrogen-bond donors (Lipinski definition) is 0. The van der Waals surface area contributed by atoms with Gasteiger partial charge in [-0.1, -0.05) is 48.0 Å². The number of ether oxygens (including phenoxy) is 1. The van der Waals surface area contributed by atoms with Crippen LogP contribution in [0.4, 0.5) is 0 Å². The summed E-state index contributed by atoms with van der Waals surface area (Å²) >= 11 is 6.17. The predicted octanol–water partition coefficient (Wildman–Crippen LogP) is 4.48. The van der Waals surface area contributed by atoms with E-state index in [9.17, 15) is 18.5 Å². The molecule has 4 rings (SSSR count). The highest BCUT2D eigenvalue weighted by atomic mass is 35.5. The summed E-state index contributed by atoms with van der Waals surface area (Å²) in [7, 11) is -4.17. The molecule has 0 radical (unpaired) electrons. The third-order valence-corrected chi connectivity index (χ3v) is 6.50. The van der Waals surface area contributed by atoms with Crippen LogP contribution in [0.5, 0.6) is 11.6 Å². The van der Waals surface area contributed by atoms with E-state index in [0.29, 0.717) is 0 Å². The van der Waals surface area contributed by atoms with Crippen LogP contribution in [0.1, 0.15) is 5.56 Å². The average Bonchev–Trinajstić information content (AvgIpc) is 2.81. The van der Waals surface area contributed by atoms with Crippen LogP contribution >= 0.6 is 11.6 Å². The van der Waals surface area contributed by atoms with Crippen LogP contribution in [0.2, 0.25) is 5.02 Å². The number of allylic oxidation sites excluding steroid dienone is 1. The van der Waals surface area contributed by atoms with Gasteiger partial charge in [0.2, 0.25) is 15.7 Å². The van der Waals surface area contributed by atoms with Crippen molar-refractivity contribution in [2.75, 3.05) is 0 Å². The Hall–Kier alpha value is -3.93. The Kier molecular flexibility index (Phi) is 5.77. The molecule has 0 unspecified atom stereocenters. The van der Waals surface area contributed by atoms with E-state index in [2.05, 4.69) is 4.98 Å². The zero-order valence-electron chi connectivity index (χ0n) is 16.3. The number of halogens is 1. The predicted molar refractivity (Wildman–Crippen MR) is 120 cm³/mol. The Bertz CT molecular complexity index is 1560. The largest absolute Gasteiger partial charge is 0.437 e. The van der Waals surface area contributed by atoms with E-state index in [1.54, 1.807) is 66.7 Å². The van der Waals surface area contributed by atoms with Crippen molar-refractivity contribution in [1.29, 1.82) is 5.26 Å². The molecule has 0 N–H and O–H groups in total. The number of rotatable bonds is 5. The molecule has 9 heteroatoms. The summed E-state index contributed by atoms with van der Waals surface area (Å²) in [4.78, 5) is 16.9. The lowest BCUT2D eigenvalue weighted by Crippen LogP contribution is -2.19. The van der Waals surface area contributed by atoms with Gasteiger partial charge in [-0.2, -0.15) is 10.2 Å². The van der Waals surface area contributed by atoms with Crippen LogP contribution in [-0.2, 0) is 9.84 Å². The van der Waals surface area contributed by atoms with Crippen molar-refractivity contribution in [3.8, 4) is 17.7 Å². The SMILES string of the molecule is N#CC(=Cc1c(Oc2ccccc2Cl)nc2ccccn2c1=O)S(=O)(=O)c1ccccc1. The highest BCUT2D eigenvalue weighted by Gasteiger charge is 2.23. The normalized spacial score (nSPS) is 11.8. The third-order valence-electron chi connectivity index (χ3n) is 4.51. The minimum atomic E-state index is -4.17. The van der Waals surface area contributed by atoms with Gasteiger partial charge >= 0.3 is 0 Å². The Morgan fingerprint density at radius 1 is 1.03 bits per heavy atom. The van der Waals surface area contributed by atoms with E-state index in [1.807, 2.05) is 0 Å². The maximum Gasteiger partial charge on any atom is 0.269 e. The highest BCUT2D eigenvalue weighted by Crippen LogP contribution is 2.30. The number of aromatic nitrogens is 2. The molecular formula is C23H14ClN3O4S. The van der Waals surface area contributed by atoms with E-state index in [0.717, 1.165) is 6.08 Å². The number of nitrogens with zero attached hydrogens (tertiary/aromatic N) is 3. The van der Waals surface area contributed by atoms with Crippen LogP contribution < -0.4 is 10.3 Å². The van der Waals surface area contributed by atoms with Crippen molar-refractivity contribution < 1.29 is 13.2 Å². The standard InChI is InChI=1S/C23H14ClN3O4S/c24-19-10-4-5-11-20(19)31-22-18(23(28)27-13-7-6-12-21(27)26-22)14-17(15-25)32(29,30)16-8-2-1-3-9-16/h1-14H. The summed E-state index contributed by atoms with van der Waals surface area (Å²) in [6.07, 6.45) is 2.46. The Morgan fingerprint density at radius 2 is 1.72 bits per heavy atom. The molecule has 7 nitrogen and oxygen atoms in total. The molecule has 0 atom stereocenters. The first-order valence-corrected chi connectivity index (χ1v) is 11.1. The van der Waals surface area contributed by atoms with Crippen LogP contribution in [0.15, 0.2) is 93.6 Å². The van der Waals surface area contributed by atoms with Gasteiger partial charge in [-0.05, 0) is 42.5 Å². The van der Waals surface area contributed by atoms with Crippen molar-refractivity contribution >= 4 is 33.2 Å². The van der Waals surface area contributed by atoms with Crippen molar-refractivity contribution in [2.24, 2.45) is 0 Å². The fourth-order valence-corrected chi connectivity index (χ4v) is 4.28. The van der Waals surface area contributed by atoms with E-state index in [4.69, 9.17) is 16.3 Å². The maximum atomic E-state index is 13.2. The fourth-order valence-electron chi connectivity index (χ4n) is 2.94. The number of para-hydroxylation sites is 1. The van der Waals surface area contributed by atoms with Crippen LogP contribution in [0.3, 0.4) is 0 Å². The van der Waals surface area contributed by atoms with Gasteiger partial charge in [0.1, 0.15) is 27.9 Å². The molecule has 32 heavy (non-hydrogen) atoms. The van der Waals surface area contributed by atoms with E-state index >= 15 is 0 Å². The molecule has 2 heterocycles. The van der Waals surface area contributed by atoms with Crippen molar-refractivity contribution in [1.82, 2.24) is 9.38 Å². The summed E-state index contributed by atoms with van der Waals surface area (Å²) in [5.41, 5.74) is -0.528. The molecule has 0 saturated heterocycles. The second-order valence-electron chi connectivity index (χ2n) is 6.53. The van der Waals surface area contributed by atoms with Crippen LogP contribution in [0, 0.1) is 11.3 Å². The smallest absolute Gasteiger partial charge is 0.269 e. The molecule has 0 aliphatic rings. The first-order chi connectivity index (χ1) is 15.4. The number of pyridine rings is 1. The number of sulfone groups is 1. The van der Waals surface area contributed by atoms with E-state index in [1.165, 1.54) is 22.7 Å². The molecule has 0 saturated carbocycles. The van der Waals surface area contributed by atoms with Crippen molar-refractivity contribution in [2.45, 2.75) is 4.90 Å². The van der Waals surface area contributed by atoms with Crippen molar-refractivity contribution in [3.63, 3.8) is 0 Å². The Balaban J connectivity index is 1.96. The lowest BCUT2D eigenvalue weighted by Gasteiger charge is -2.11. The highest BCUT2D eigenvalue weighted by molar-refractivity contribution is 7.95. The van der Waals surface area contributed by atoms with Gasteiger partial charge in [0.25, 0.3) is 5.56 Å². The van der Waals surface area contributed by atoms with Gasteiger partial charge < -0.3 is 4.74 Å². The topological polar surface area (TPSA) is 102 Å². The number of nitriles is 1. The van der Waals surface area contributed by atoms with Gasteiger partial charge in [0.15, 0.2) is 0 Å². The molecule has 0 aliphatic carbocycles. The molecule has 158 valence electrons. The average molecular weight is 464 g/mol. The number of benzene rings is 2. The molecule has 0 amide bonds. The second-order valence-corrected chi connectivity index (χ2v) is 8.86. The molecule has 4 aromatic rings. The molecule has 0 spiro atoms. The molecular weight excluding hydrogens is 450 g/mol. The lowest BCUT2D eigenvalue weighted by molar-refractivity contribution is 0.461. The van der Waals surface area contributed by atoms with Gasteiger partial charge in [-0.25, -0.2) is 8.42 Å². The zero-order valence-corrected chi connectivity index (χ0v) is 17.9. The minimum Gasteiger partial charge on any atom is -0.437 e. The number of hydrogen-bond acceptors (Lipinski definition) is 6. The first-order valence-electron chi connectivity index (χ1n) is 9.27. The summed E-state index contributed by atoms with van der Waals surface area (Å²) in [5, 5.41) is 9.90. The van der Waals surface area contributed by atoms with Gasteiger partial charge in [0, 0.05) is 6.20 Å². The molecule has 0 bridgehead atoms. The van der Waals surface area contributed by atoms with Gasteiger partial charge in [-0.3, -0.25) is 9.20 Å². The minimum absolute atomic E-state index is 0.0739. The number of fused-ring (bicyclic) bond motifs is 1. The summed E-state index contributed by atoms with van der Waals surface area (Å²) < 4.78 is 33.0. The Labute approximate surface area is 188 Å². The van der Waals surface area contributed by atoms with E-state index in [-0.39, 0.29) is 32.8 Å². The van der Waals surface area contributed by atoms with Crippen LogP contribution in [0.25, 0.3) is 11.7 Å². The quantitative estimate of drug-likeness (QED) is 0.404. The summed E-state index contributed by atoms with van der Waals surface area (Å²) in [6.45, 7) is 0. The summed E-state index contributed by atoms with van der Waals surface area (Å²) in [5.74, 6) is 0.0470. The zero-order chi connectivity index (χ0) is 22.7. The second kappa shape index (κ2) is 8.67. The van der Waals surface area contributed by atoms with Crippen LogP contribution in [-0.4, -0.2) is 17.8 Å². The molecule has 2 aromatic heterocycles. The summed E-state index contributed by atoms with van der Waals surface area (Å²) in [6, 6.07) is 20.6. The molecule has 0 aliphatic heterocycles. The van der Waals surface area contributed by atoms with Crippen molar-refractivity contribution in [3.05, 3.63) is 105 Å². The Morgan fingerprint density at radius 3 is 2.44 bits per heavy atom. The molecule has 2 aromatic carbocycles. The maximum absolute atomic E-state index is 13.2. The monoisotopic (exact) mass is 463 g/mol. The first kappa shape index (κ1) is 21.3. The van der Waals surface area contributed by atoms with E-state index < -0.39 is 20.3 Å². The van der Waals surface area contributed by atoms with Gasteiger partial charge in [-0.15, -0.1) is 0 Å². The third kappa shape index (κ3) is 3.99. The molecule has 0 fully saturated rings. The lowest BCUT2D eigenvalue weighted by atomic mass is 10.2. The van der Waals surface area contributed by atoms with Gasteiger partial charge in [0.05, 0.1) is 9.92 Å².